The Hall–Kier alpha value is -0.160. The first-order chi connectivity index (χ1) is 6.07. The highest BCUT2D eigenvalue weighted by molar-refractivity contribution is 4.59. The SMILES string of the molecule is CCCN(CCNC(C)O)C(C)O. The van der Waals surface area contributed by atoms with E-state index in [1.54, 1.807) is 13.8 Å². The molecule has 13 heavy (non-hydrogen) atoms. The molecule has 0 fully saturated rings. The highest BCUT2D eigenvalue weighted by Gasteiger charge is 2.08. The van der Waals surface area contributed by atoms with Gasteiger partial charge in [-0.05, 0) is 20.3 Å². The maximum Gasteiger partial charge on any atom is 0.104 e. The van der Waals surface area contributed by atoms with Gasteiger partial charge in [0.05, 0.1) is 0 Å². The van der Waals surface area contributed by atoms with E-state index < -0.39 is 12.5 Å². The number of aliphatic hydroxyl groups is 2. The monoisotopic (exact) mass is 190 g/mol. The van der Waals surface area contributed by atoms with Crippen molar-refractivity contribution in [2.75, 3.05) is 19.6 Å². The van der Waals surface area contributed by atoms with Crippen molar-refractivity contribution in [1.29, 1.82) is 0 Å². The van der Waals surface area contributed by atoms with Crippen LogP contribution >= 0.6 is 0 Å². The van der Waals surface area contributed by atoms with Crippen LogP contribution in [-0.4, -0.2) is 47.2 Å². The first-order valence-electron chi connectivity index (χ1n) is 4.91. The molecule has 0 amide bonds. The fourth-order valence-corrected chi connectivity index (χ4v) is 1.19. The lowest BCUT2D eigenvalue weighted by atomic mass is 10.3. The Balaban J connectivity index is 3.57. The smallest absolute Gasteiger partial charge is 0.104 e. The molecule has 0 aliphatic carbocycles. The van der Waals surface area contributed by atoms with Gasteiger partial charge in [-0.25, -0.2) is 0 Å². The van der Waals surface area contributed by atoms with Gasteiger partial charge in [0.1, 0.15) is 12.5 Å². The number of hydrogen-bond acceptors (Lipinski definition) is 4. The van der Waals surface area contributed by atoms with Gasteiger partial charge in [0.2, 0.25) is 0 Å². The molecule has 4 heteroatoms. The number of hydrogen-bond donors (Lipinski definition) is 3. The molecule has 0 aromatic heterocycles. The minimum atomic E-state index is -0.475. The number of nitrogens with zero attached hydrogens (tertiary/aromatic N) is 1. The first kappa shape index (κ1) is 12.8. The Kier molecular flexibility index (Phi) is 7.17. The van der Waals surface area contributed by atoms with E-state index in [0.717, 1.165) is 19.5 Å². The summed E-state index contributed by atoms with van der Waals surface area (Å²) >= 11 is 0. The van der Waals surface area contributed by atoms with Crippen LogP contribution in [0.2, 0.25) is 0 Å². The molecule has 3 N–H and O–H groups in total. The summed E-state index contributed by atoms with van der Waals surface area (Å²) < 4.78 is 0. The molecular weight excluding hydrogens is 168 g/mol. The summed E-state index contributed by atoms with van der Waals surface area (Å²) in [6.07, 6.45) is 0.146. The Morgan fingerprint density at radius 2 is 1.85 bits per heavy atom. The Labute approximate surface area is 80.6 Å². The molecule has 0 saturated carbocycles. The standard InChI is InChI=1S/C9H22N2O2/c1-4-6-11(9(3)13)7-5-10-8(2)12/h8-10,12-13H,4-7H2,1-3H3. The molecule has 0 saturated heterocycles. The molecule has 4 nitrogen and oxygen atoms in total. The van der Waals surface area contributed by atoms with Crippen LogP contribution in [0.1, 0.15) is 27.2 Å². The summed E-state index contributed by atoms with van der Waals surface area (Å²) in [6.45, 7) is 7.88. The van der Waals surface area contributed by atoms with Gasteiger partial charge in [-0.2, -0.15) is 0 Å². The van der Waals surface area contributed by atoms with E-state index in [2.05, 4.69) is 12.2 Å². The molecule has 2 atom stereocenters. The largest absolute Gasteiger partial charge is 0.379 e. The van der Waals surface area contributed by atoms with Crippen molar-refractivity contribution >= 4 is 0 Å². The molecule has 0 aliphatic rings. The van der Waals surface area contributed by atoms with Gasteiger partial charge in [-0.3, -0.25) is 10.2 Å². The van der Waals surface area contributed by atoms with Crippen molar-refractivity contribution in [3.63, 3.8) is 0 Å². The maximum atomic E-state index is 9.34. The van der Waals surface area contributed by atoms with Crippen LogP contribution in [0.25, 0.3) is 0 Å². The maximum absolute atomic E-state index is 9.34. The molecule has 80 valence electrons. The number of aliphatic hydroxyl groups excluding tert-OH is 2. The Bertz CT molecular complexity index is 118. The van der Waals surface area contributed by atoms with Crippen molar-refractivity contribution in [3.05, 3.63) is 0 Å². The van der Waals surface area contributed by atoms with Gasteiger partial charge in [0, 0.05) is 19.6 Å². The molecule has 0 radical (unpaired) electrons. The third kappa shape index (κ3) is 6.95. The van der Waals surface area contributed by atoms with Gasteiger partial charge in [-0.1, -0.05) is 6.92 Å². The normalized spacial score (nSPS) is 16.2. The fraction of sp³-hybridized carbons (Fsp3) is 1.00. The zero-order chi connectivity index (χ0) is 10.3. The third-order valence-electron chi connectivity index (χ3n) is 1.88. The predicted octanol–water partition coefficient (Wildman–Crippen LogP) is -0.0354. The van der Waals surface area contributed by atoms with Crippen molar-refractivity contribution < 1.29 is 10.2 Å². The molecule has 0 aliphatic heterocycles. The van der Waals surface area contributed by atoms with Crippen LogP contribution in [0, 0.1) is 0 Å². The summed E-state index contributed by atoms with van der Waals surface area (Å²) in [4.78, 5) is 1.97. The fourth-order valence-electron chi connectivity index (χ4n) is 1.19. The van der Waals surface area contributed by atoms with Crippen LogP contribution in [-0.2, 0) is 0 Å². The van der Waals surface area contributed by atoms with Gasteiger partial charge >= 0.3 is 0 Å². The van der Waals surface area contributed by atoms with E-state index in [0.29, 0.717) is 6.54 Å². The second-order valence-corrected chi connectivity index (χ2v) is 3.30. The molecule has 0 spiro atoms. The van der Waals surface area contributed by atoms with E-state index in [-0.39, 0.29) is 0 Å². The molecular formula is C9H22N2O2. The van der Waals surface area contributed by atoms with E-state index in [1.807, 2.05) is 4.90 Å². The van der Waals surface area contributed by atoms with Gasteiger partial charge in [0.15, 0.2) is 0 Å². The van der Waals surface area contributed by atoms with E-state index in [9.17, 15) is 5.11 Å². The van der Waals surface area contributed by atoms with Crippen molar-refractivity contribution in [2.45, 2.75) is 39.6 Å². The molecule has 0 aromatic carbocycles. The van der Waals surface area contributed by atoms with E-state index in [1.165, 1.54) is 0 Å². The highest BCUT2D eigenvalue weighted by Crippen LogP contribution is 1.95. The summed E-state index contributed by atoms with van der Waals surface area (Å²) in [5.41, 5.74) is 0. The van der Waals surface area contributed by atoms with E-state index in [4.69, 9.17) is 5.11 Å². The molecule has 0 rings (SSSR count). The van der Waals surface area contributed by atoms with Crippen LogP contribution < -0.4 is 5.32 Å². The van der Waals surface area contributed by atoms with Crippen LogP contribution in [0.5, 0.6) is 0 Å². The second kappa shape index (κ2) is 7.26. The highest BCUT2D eigenvalue weighted by atomic mass is 16.3. The number of nitrogens with one attached hydrogen (secondary N) is 1. The topological polar surface area (TPSA) is 55.7 Å². The average Bonchev–Trinajstić information content (AvgIpc) is 2.02. The summed E-state index contributed by atoms with van der Waals surface area (Å²) in [6, 6.07) is 0. The van der Waals surface area contributed by atoms with Crippen molar-refractivity contribution in [2.24, 2.45) is 0 Å². The summed E-state index contributed by atoms with van der Waals surface area (Å²) in [5, 5.41) is 21.2. The Morgan fingerprint density at radius 1 is 1.23 bits per heavy atom. The summed E-state index contributed by atoms with van der Waals surface area (Å²) in [5.74, 6) is 0. The first-order valence-corrected chi connectivity index (χ1v) is 4.91. The minimum absolute atomic E-state index is 0.407. The Morgan fingerprint density at radius 3 is 2.23 bits per heavy atom. The van der Waals surface area contributed by atoms with Gasteiger partial charge < -0.3 is 10.2 Å². The quantitative estimate of drug-likeness (QED) is 0.493. The molecule has 0 heterocycles. The van der Waals surface area contributed by atoms with Gasteiger partial charge in [0.25, 0.3) is 0 Å². The lowest BCUT2D eigenvalue weighted by Gasteiger charge is -2.25. The lowest BCUT2D eigenvalue weighted by Crippen LogP contribution is -2.40. The second-order valence-electron chi connectivity index (χ2n) is 3.30. The van der Waals surface area contributed by atoms with E-state index >= 15 is 0 Å². The van der Waals surface area contributed by atoms with Gasteiger partial charge in [-0.15, -0.1) is 0 Å². The van der Waals surface area contributed by atoms with Crippen LogP contribution in [0.15, 0.2) is 0 Å². The molecule has 0 aromatic rings. The zero-order valence-corrected chi connectivity index (χ0v) is 8.82. The van der Waals surface area contributed by atoms with Crippen LogP contribution in [0.4, 0.5) is 0 Å². The third-order valence-corrected chi connectivity index (χ3v) is 1.88. The van der Waals surface area contributed by atoms with Crippen molar-refractivity contribution in [1.82, 2.24) is 10.2 Å². The minimum Gasteiger partial charge on any atom is -0.379 e. The number of rotatable bonds is 7. The summed E-state index contributed by atoms with van der Waals surface area (Å²) in [7, 11) is 0. The average molecular weight is 190 g/mol. The van der Waals surface area contributed by atoms with Crippen LogP contribution in [0.3, 0.4) is 0 Å². The molecule has 0 bridgehead atoms. The zero-order valence-electron chi connectivity index (χ0n) is 8.82. The molecule has 2 unspecified atom stereocenters. The lowest BCUT2D eigenvalue weighted by molar-refractivity contribution is 0.0166. The van der Waals surface area contributed by atoms with Crippen molar-refractivity contribution in [3.8, 4) is 0 Å². The predicted molar refractivity (Wildman–Crippen MR) is 53.2 cm³/mol.